The van der Waals surface area contributed by atoms with Crippen molar-refractivity contribution in [3.8, 4) is 5.75 Å². The molecule has 1 aliphatic carbocycles. The van der Waals surface area contributed by atoms with E-state index in [1.54, 1.807) is 10.9 Å². The number of fused-ring (bicyclic) bond motifs is 1. The highest BCUT2D eigenvalue weighted by Gasteiger charge is 2.24. The fourth-order valence-electron chi connectivity index (χ4n) is 4.66. The molecule has 0 bridgehead atoms. The number of rotatable bonds is 9. The number of imidazole rings is 1. The molecule has 0 spiro atoms. The third-order valence-electron chi connectivity index (χ3n) is 6.56. The van der Waals surface area contributed by atoms with E-state index in [1.165, 1.54) is 0 Å². The van der Waals surface area contributed by atoms with Gasteiger partial charge in [0.05, 0.1) is 12.9 Å². The SMILES string of the molecule is CCCCn1c(=O)n(C[C@@H](O)COc2cc(C)ccc2C)c(=O)c2c1ncn2C1CCCC1. The maximum Gasteiger partial charge on any atom is 0.332 e. The van der Waals surface area contributed by atoms with Crippen LogP contribution in [0.5, 0.6) is 5.75 Å². The molecule has 0 unspecified atom stereocenters. The molecule has 4 rings (SSSR count). The van der Waals surface area contributed by atoms with E-state index >= 15 is 0 Å². The lowest BCUT2D eigenvalue weighted by Gasteiger charge is -2.18. The third-order valence-corrected chi connectivity index (χ3v) is 6.56. The quantitative estimate of drug-likeness (QED) is 0.536. The van der Waals surface area contributed by atoms with E-state index in [0.717, 1.165) is 54.2 Å². The summed E-state index contributed by atoms with van der Waals surface area (Å²) >= 11 is 0. The van der Waals surface area contributed by atoms with Crippen molar-refractivity contribution in [1.82, 2.24) is 18.7 Å². The summed E-state index contributed by atoms with van der Waals surface area (Å²) in [6.07, 6.45) is 6.69. The van der Waals surface area contributed by atoms with Gasteiger partial charge in [0.15, 0.2) is 11.2 Å². The van der Waals surface area contributed by atoms with Gasteiger partial charge in [-0.25, -0.2) is 9.78 Å². The smallest absolute Gasteiger partial charge is 0.332 e. The maximum atomic E-state index is 13.5. The maximum absolute atomic E-state index is 13.5. The van der Waals surface area contributed by atoms with Gasteiger partial charge in [-0.2, -0.15) is 0 Å². The number of hydrogen-bond donors (Lipinski definition) is 1. The minimum absolute atomic E-state index is 0.00887. The molecule has 8 nitrogen and oxygen atoms in total. The van der Waals surface area contributed by atoms with Gasteiger partial charge in [0.1, 0.15) is 18.5 Å². The first kappa shape index (κ1) is 23.3. The molecule has 1 saturated carbocycles. The van der Waals surface area contributed by atoms with Crippen LogP contribution in [0, 0.1) is 13.8 Å². The van der Waals surface area contributed by atoms with Crippen LogP contribution in [-0.2, 0) is 13.1 Å². The van der Waals surface area contributed by atoms with Crippen LogP contribution in [-0.4, -0.2) is 36.5 Å². The Kier molecular flexibility index (Phi) is 7.02. The van der Waals surface area contributed by atoms with Crippen molar-refractivity contribution in [1.29, 1.82) is 0 Å². The highest BCUT2D eigenvalue weighted by Crippen LogP contribution is 2.31. The Morgan fingerprint density at radius 2 is 1.94 bits per heavy atom. The Bertz CT molecular complexity index is 1230. The Hall–Kier alpha value is -2.87. The van der Waals surface area contributed by atoms with Gasteiger partial charge in [0, 0.05) is 12.6 Å². The van der Waals surface area contributed by atoms with Crippen LogP contribution in [0.3, 0.4) is 0 Å². The van der Waals surface area contributed by atoms with Crippen molar-refractivity contribution in [2.24, 2.45) is 0 Å². The van der Waals surface area contributed by atoms with E-state index in [4.69, 9.17) is 4.74 Å². The molecule has 1 aliphatic rings. The molecule has 33 heavy (non-hydrogen) atoms. The molecule has 0 saturated heterocycles. The van der Waals surface area contributed by atoms with Gasteiger partial charge in [-0.05, 0) is 50.3 Å². The van der Waals surface area contributed by atoms with E-state index in [0.29, 0.717) is 23.5 Å². The molecule has 1 fully saturated rings. The summed E-state index contributed by atoms with van der Waals surface area (Å²) in [5.41, 5.74) is 2.11. The highest BCUT2D eigenvalue weighted by atomic mass is 16.5. The van der Waals surface area contributed by atoms with E-state index in [1.807, 2.05) is 36.6 Å². The largest absolute Gasteiger partial charge is 0.491 e. The van der Waals surface area contributed by atoms with Crippen molar-refractivity contribution in [3.63, 3.8) is 0 Å². The van der Waals surface area contributed by atoms with E-state index < -0.39 is 17.4 Å². The third kappa shape index (κ3) is 4.76. The second-order valence-corrected chi connectivity index (χ2v) is 9.20. The molecule has 8 heteroatoms. The standard InChI is InChI=1S/C25H34N4O4/c1-4-5-12-27-23-22(29(16-26-23)19-8-6-7-9-19)24(31)28(25(27)32)14-20(30)15-33-21-13-17(2)10-11-18(21)3/h10-11,13,16,19-20,30H,4-9,12,14-15H2,1-3H3/t20-/m1/s1. The monoisotopic (exact) mass is 454 g/mol. The normalized spacial score (nSPS) is 15.4. The van der Waals surface area contributed by atoms with E-state index in [9.17, 15) is 14.7 Å². The molecule has 2 aromatic heterocycles. The summed E-state index contributed by atoms with van der Waals surface area (Å²) in [7, 11) is 0. The minimum Gasteiger partial charge on any atom is -0.491 e. The number of aliphatic hydroxyl groups is 1. The van der Waals surface area contributed by atoms with Gasteiger partial charge in [0.25, 0.3) is 5.56 Å². The van der Waals surface area contributed by atoms with Crippen LogP contribution in [0.1, 0.15) is 62.6 Å². The highest BCUT2D eigenvalue weighted by molar-refractivity contribution is 5.70. The number of unbranched alkanes of at least 4 members (excludes halogenated alkanes) is 1. The van der Waals surface area contributed by atoms with Crippen LogP contribution >= 0.6 is 0 Å². The number of aromatic nitrogens is 4. The number of aliphatic hydroxyl groups excluding tert-OH is 1. The molecule has 1 atom stereocenters. The van der Waals surface area contributed by atoms with Crippen molar-refractivity contribution < 1.29 is 9.84 Å². The zero-order valence-electron chi connectivity index (χ0n) is 19.8. The average Bonchev–Trinajstić information content (AvgIpc) is 3.47. The first-order valence-electron chi connectivity index (χ1n) is 12.0. The molecule has 0 amide bonds. The fraction of sp³-hybridized carbons (Fsp3) is 0.560. The molecule has 1 aromatic carbocycles. The molecule has 1 N–H and O–H groups in total. The van der Waals surface area contributed by atoms with E-state index in [2.05, 4.69) is 11.9 Å². The van der Waals surface area contributed by atoms with Gasteiger partial charge in [-0.15, -0.1) is 0 Å². The molecule has 2 heterocycles. The molecule has 0 aliphatic heterocycles. The molecular formula is C25H34N4O4. The van der Waals surface area contributed by atoms with Crippen molar-refractivity contribution in [3.05, 3.63) is 56.5 Å². The number of ether oxygens (including phenoxy) is 1. The van der Waals surface area contributed by atoms with Gasteiger partial charge >= 0.3 is 5.69 Å². The van der Waals surface area contributed by atoms with Crippen molar-refractivity contribution in [2.75, 3.05) is 6.61 Å². The zero-order valence-corrected chi connectivity index (χ0v) is 19.8. The second kappa shape index (κ2) is 9.95. The Balaban J connectivity index is 1.67. The lowest BCUT2D eigenvalue weighted by Crippen LogP contribution is -2.44. The summed E-state index contributed by atoms with van der Waals surface area (Å²) in [6.45, 7) is 6.33. The first-order valence-corrected chi connectivity index (χ1v) is 12.0. The Morgan fingerprint density at radius 1 is 1.18 bits per heavy atom. The van der Waals surface area contributed by atoms with E-state index in [-0.39, 0.29) is 19.2 Å². The number of benzene rings is 1. The molecule has 3 aromatic rings. The predicted molar refractivity (Wildman–Crippen MR) is 128 cm³/mol. The van der Waals surface area contributed by atoms with Crippen LogP contribution in [0.2, 0.25) is 0 Å². The Morgan fingerprint density at radius 3 is 2.67 bits per heavy atom. The van der Waals surface area contributed by atoms with Gasteiger partial charge in [0.2, 0.25) is 0 Å². The van der Waals surface area contributed by atoms with Gasteiger partial charge < -0.3 is 14.4 Å². The molecule has 0 radical (unpaired) electrons. The minimum atomic E-state index is -1.00. The fourth-order valence-corrected chi connectivity index (χ4v) is 4.66. The summed E-state index contributed by atoms with van der Waals surface area (Å²) < 4.78 is 10.5. The topological polar surface area (TPSA) is 91.3 Å². The van der Waals surface area contributed by atoms with Crippen LogP contribution in [0.15, 0.2) is 34.1 Å². The first-order chi connectivity index (χ1) is 15.9. The molecule has 178 valence electrons. The summed E-state index contributed by atoms with van der Waals surface area (Å²) in [5, 5.41) is 10.7. The van der Waals surface area contributed by atoms with Gasteiger partial charge in [-0.1, -0.05) is 38.3 Å². The van der Waals surface area contributed by atoms with Crippen LogP contribution in [0.25, 0.3) is 11.2 Å². The Labute approximate surface area is 193 Å². The lowest BCUT2D eigenvalue weighted by molar-refractivity contribution is 0.0898. The summed E-state index contributed by atoms with van der Waals surface area (Å²) in [4.78, 5) is 31.2. The molecular weight excluding hydrogens is 420 g/mol. The lowest BCUT2D eigenvalue weighted by atomic mass is 10.1. The summed E-state index contributed by atoms with van der Waals surface area (Å²) in [5.74, 6) is 0.691. The van der Waals surface area contributed by atoms with Crippen LogP contribution in [0.4, 0.5) is 0 Å². The second-order valence-electron chi connectivity index (χ2n) is 9.20. The predicted octanol–water partition coefficient (Wildman–Crippen LogP) is 3.33. The number of hydrogen-bond acceptors (Lipinski definition) is 5. The number of aryl methyl sites for hydroxylation is 3. The van der Waals surface area contributed by atoms with Crippen molar-refractivity contribution >= 4 is 11.2 Å². The van der Waals surface area contributed by atoms with Gasteiger partial charge in [-0.3, -0.25) is 13.9 Å². The average molecular weight is 455 g/mol. The number of nitrogens with zero attached hydrogens (tertiary/aromatic N) is 4. The zero-order chi connectivity index (χ0) is 23.5. The summed E-state index contributed by atoms with van der Waals surface area (Å²) in [6, 6.07) is 6.11. The van der Waals surface area contributed by atoms with Crippen LogP contribution < -0.4 is 16.0 Å². The van der Waals surface area contributed by atoms with Crippen molar-refractivity contribution in [2.45, 2.75) is 84.5 Å².